The summed E-state index contributed by atoms with van der Waals surface area (Å²) >= 11 is 0. The Hall–Kier alpha value is -3.13. The van der Waals surface area contributed by atoms with Crippen LogP contribution in [-0.4, -0.2) is 12.6 Å². The summed E-state index contributed by atoms with van der Waals surface area (Å²) in [6.45, 7) is 2.24. The summed E-state index contributed by atoms with van der Waals surface area (Å²) in [6.07, 6.45) is 1.64. The first-order valence-electron chi connectivity index (χ1n) is 9.45. The summed E-state index contributed by atoms with van der Waals surface area (Å²) in [6, 6.07) is 23.4. The molecule has 132 valence electrons. The third kappa shape index (κ3) is 2.60. The number of esters is 1. The van der Waals surface area contributed by atoms with E-state index in [0.717, 1.165) is 40.1 Å². The number of hydrogen-bond donors (Lipinski definition) is 0. The molecule has 1 aliphatic carbocycles. The molecule has 0 aliphatic heterocycles. The third-order valence-corrected chi connectivity index (χ3v) is 5.55. The zero-order valence-corrected chi connectivity index (χ0v) is 15.3. The second-order valence-electron chi connectivity index (χ2n) is 7.15. The van der Waals surface area contributed by atoms with Crippen LogP contribution in [0.2, 0.25) is 0 Å². The van der Waals surface area contributed by atoms with E-state index in [-0.39, 0.29) is 5.97 Å². The van der Waals surface area contributed by atoms with E-state index >= 15 is 0 Å². The van der Waals surface area contributed by atoms with Gasteiger partial charge in [-0.15, -0.1) is 0 Å². The molecule has 0 amide bonds. The minimum atomic E-state index is -0.214. The summed E-state index contributed by atoms with van der Waals surface area (Å²) in [5.74, 6) is -0.214. The molecule has 2 heteroatoms. The van der Waals surface area contributed by atoms with Crippen LogP contribution in [0.5, 0.6) is 0 Å². The smallest absolute Gasteiger partial charge is 0.339 e. The van der Waals surface area contributed by atoms with Crippen molar-refractivity contribution in [3.63, 3.8) is 0 Å². The van der Waals surface area contributed by atoms with E-state index < -0.39 is 0 Å². The first-order chi connectivity index (χ1) is 13.2. The van der Waals surface area contributed by atoms with Crippen LogP contribution < -0.4 is 0 Å². The number of hydrogen-bond acceptors (Lipinski definition) is 2. The lowest BCUT2D eigenvalue weighted by Crippen LogP contribution is -2.15. The zero-order chi connectivity index (χ0) is 18.4. The van der Waals surface area contributed by atoms with E-state index in [0.29, 0.717) is 6.61 Å². The molecule has 0 heterocycles. The predicted octanol–water partition coefficient (Wildman–Crippen LogP) is 5.66. The van der Waals surface area contributed by atoms with E-state index in [1.54, 1.807) is 0 Å². The monoisotopic (exact) mass is 352 g/mol. The van der Waals surface area contributed by atoms with E-state index in [9.17, 15) is 4.79 Å². The van der Waals surface area contributed by atoms with E-state index in [1.165, 1.54) is 22.1 Å². The van der Waals surface area contributed by atoms with Crippen LogP contribution in [0.25, 0.3) is 21.5 Å². The van der Waals surface area contributed by atoms with Gasteiger partial charge in [0.2, 0.25) is 0 Å². The predicted molar refractivity (Wildman–Crippen MR) is 109 cm³/mol. The summed E-state index contributed by atoms with van der Waals surface area (Å²) in [7, 11) is 0. The number of benzene rings is 4. The number of rotatable bonds is 2. The topological polar surface area (TPSA) is 26.3 Å². The van der Waals surface area contributed by atoms with Gasteiger partial charge in [-0.2, -0.15) is 0 Å². The standard InChI is InChI=1S/C25H20O2/c1-2-27-25(26)24-22-14-18-9-5-3-7-16(18)11-20(22)13-21-12-17-8-4-6-10-19(17)15-23(21)24/h3-11,13-14H,2,12,15H2,1H3. The summed E-state index contributed by atoms with van der Waals surface area (Å²) in [4.78, 5) is 13.0. The van der Waals surface area contributed by atoms with Gasteiger partial charge in [0.05, 0.1) is 12.2 Å². The lowest BCUT2D eigenvalue weighted by atomic mass is 9.81. The Balaban J connectivity index is 1.83. The van der Waals surface area contributed by atoms with Gasteiger partial charge in [-0.1, -0.05) is 54.6 Å². The molecular weight excluding hydrogens is 332 g/mol. The van der Waals surface area contributed by atoms with Crippen LogP contribution >= 0.6 is 0 Å². The van der Waals surface area contributed by atoms with Gasteiger partial charge in [-0.3, -0.25) is 0 Å². The maximum Gasteiger partial charge on any atom is 0.339 e. The molecule has 1 aliphatic rings. The van der Waals surface area contributed by atoms with Crippen molar-refractivity contribution in [3.8, 4) is 0 Å². The highest BCUT2D eigenvalue weighted by atomic mass is 16.5. The van der Waals surface area contributed by atoms with Gasteiger partial charge in [-0.05, 0) is 75.7 Å². The Labute approximate surface area is 158 Å². The van der Waals surface area contributed by atoms with Crippen molar-refractivity contribution in [2.45, 2.75) is 19.8 Å². The van der Waals surface area contributed by atoms with Crippen LogP contribution in [0.15, 0.2) is 66.7 Å². The quantitative estimate of drug-likeness (QED) is 0.302. The molecule has 0 spiro atoms. The molecule has 5 rings (SSSR count). The van der Waals surface area contributed by atoms with Crippen LogP contribution in [0.1, 0.15) is 39.5 Å². The number of carbonyl (C=O) groups excluding carboxylic acids is 1. The average Bonchev–Trinajstić information content (AvgIpc) is 2.69. The van der Waals surface area contributed by atoms with Crippen molar-refractivity contribution < 1.29 is 9.53 Å². The fourth-order valence-electron chi connectivity index (χ4n) is 4.29. The van der Waals surface area contributed by atoms with Crippen molar-refractivity contribution in [1.82, 2.24) is 0 Å². The fraction of sp³-hybridized carbons (Fsp3) is 0.160. The Kier molecular flexibility index (Phi) is 3.71. The van der Waals surface area contributed by atoms with Gasteiger partial charge in [0.1, 0.15) is 0 Å². The molecule has 27 heavy (non-hydrogen) atoms. The van der Waals surface area contributed by atoms with Crippen molar-refractivity contribution >= 4 is 27.5 Å². The van der Waals surface area contributed by atoms with Crippen LogP contribution in [0, 0.1) is 0 Å². The second-order valence-corrected chi connectivity index (χ2v) is 7.15. The highest BCUT2D eigenvalue weighted by molar-refractivity contribution is 6.10. The van der Waals surface area contributed by atoms with Crippen LogP contribution in [-0.2, 0) is 17.6 Å². The molecule has 4 aromatic rings. The van der Waals surface area contributed by atoms with Crippen LogP contribution in [0.4, 0.5) is 0 Å². The molecule has 0 N–H and O–H groups in total. The average molecular weight is 352 g/mol. The van der Waals surface area contributed by atoms with Gasteiger partial charge >= 0.3 is 5.97 Å². The lowest BCUT2D eigenvalue weighted by molar-refractivity contribution is 0.0527. The van der Waals surface area contributed by atoms with E-state index in [1.807, 2.05) is 13.0 Å². The Bertz CT molecular complexity index is 1200. The second kappa shape index (κ2) is 6.24. The molecule has 0 saturated carbocycles. The molecule has 0 radical (unpaired) electrons. The molecule has 0 atom stereocenters. The highest BCUT2D eigenvalue weighted by Gasteiger charge is 2.24. The molecule has 4 aromatic carbocycles. The first kappa shape index (κ1) is 16.1. The maximum absolute atomic E-state index is 13.0. The summed E-state index contributed by atoms with van der Waals surface area (Å²) in [5.41, 5.74) is 5.75. The summed E-state index contributed by atoms with van der Waals surface area (Å²) in [5, 5.41) is 4.43. The minimum Gasteiger partial charge on any atom is -0.462 e. The van der Waals surface area contributed by atoms with Crippen molar-refractivity contribution in [1.29, 1.82) is 0 Å². The Morgan fingerprint density at radius 1 is 0.815 bits per heavy atom. The van der Waals surface area contributed by atoms with Gasteiger partial charge < -0.3 is 4.74 Å². The van der Waals surface area contributed by atoms with Gasteiger partial charge in [0.15, 0.2) is 0 Å². The Morgan fingerprint density at radius 2 is 1.48 bits per heavy atom. The van der Waals surface area contributed by atoms with Gasteiger partial charge in [0, 0.05) is 0 Å². The molecule has 0 fully saturated rings. The highest BCUT2D eigenvalue weighted by Crippen LogP contribution is 2.36. The first-order valence-corrected chi connectivity index (χ1v) is 9.45. The lowest BCUT2D eigenvalue weighted by Gasteiger charge is -2.23. The molecular formula is C25H20O2. The van der Waals surface area contributed by atoms with Crippen molar-refractivity contribution in [2.24, 2.45) is 0 Å². The Morgan fingerprint density at radius 3 is 2.22 bits per heavy atom. The normalized spacial score (nSPS) is 12.6. The van der Waals surface area contributed by atoms with E-state index in [2.05, 4.69) is 60.7 Å². The molecule has 0 aromatic heterocycles. The van der Waals surface area contributed by atoms with E-state index in [4.69, 9.17) is 4.74 Å². The fourth-order valence-corrected chi connectivity index (χ4v) is 4.29. The third-order valence-electron chi connectivity index (χ3n) is 5.55. The molecule has 0 bridgehead atoms. The minimum absolute atomic E-state index is 0.214. The van der Waals surface area contributed by atoms with Crippen LogP contribution in [0.3, 0.4) is 0 Å². The largest absolute Gasteiger partial charge is 0.462 e. The van der Waals surface area contributed by atoms with Gasteiger partial charge in [-0.25, -0.2) is 4.79 Å². The zero-order valence-electron chi connectivity index (χ0n) is 15.3. The number of ether oxygens (including phenoxy) is 1. The molecule has 0 unspecified atom stereocenters. The van der Waals surface area contributed by atoms with Crippen molar-refractivity contribution in [3.05, 3.63) is 94.5 Å². The molecule has 2 nitrogen and oxygen atoms in total. The maximum atomic E-state index is 13.0. The number of fused-ring (bicyclic) bond motifs is 4. The van der Waals surface area contributed by atoms with Gasteiger partial charge in [0.25, 0.3) is 0 Å². The molecule has 0 saturated heterocycles. The van der Waals surface area contributed by atoms with Crippen molar-refractivity contribution in [2.75, 3.05) is 6.61 Å². The summed E-state index contributed by atoms with van der Waals surface area (Å²) < 4.78 is 5.46. The SMILES string of the molecule is CCOC(=O)c1c2c(cc3cc4ccccc4cc13)Cc1ccccc1C2. The number of carbonyl (C=O) groups is 1.